The van der Waals surface area contributed by atoms with Gasteiger partial charge in [-0.05, 0) is 42.7 Å². The average Bonchev–Trinajstić information content (AvgIpc) is 2.78. The quantitative estimate of drug-likeness (QED) is 0.526. The number of rotatable bonds is 6. The number of para-hydroxylation sites is 1. The van der Waals surface area contributed by atoms with Gasteiger partial charge >= 0.3 is 0 Å². The normalized spacial score (nSPS) is 11.0. The van der Waals surface area contributed by atoms with Gasteiger partial charge in [0.25, 0.3) is 5.56 Å². The smallest absolute Gasteiger partial charge is 0.269 e. The molecule has 0 saturated carbocycles. The fourth-order valence-electron chi connectivity index (χ4n) is 3.47. The number of anilines is 1. The fraction of sp³-hybridized carbons (Fsp3) is 0.227. The molecule has 0 saturated heterocycles. The molecule has 1 aromatic carbocycles. The van der Waals surface area contributed by atoms with Crippen molar-refractivity contribution < 1.29 is 0 Å². The average molecular weight is 386 g/mol. The maximum absolute atomic E-state index is 12.4. The van der Waals surface area contributed by atoms with Gasteiger partial charge in [-0.3, -0.25) is 9.78 Å². The van der Waals surface area contributed by atoms with Gasteiger partial charge in [-0.15, -0.1) is 0 Å². The van der Waals surface area contributed by atoms with Gasteiger partial charge in [-0.1, -0.05) is 26.0 Å². The Kier molecular flexibility index (Phi) is 5.29. The topological polar surface area (TPSA) is 96.5 Å². The molecular weight excluding hydrogens is 364 g/mol. The zero-order valence-corrected chi connectivity index (χ0v) is 16.4. The predicted octanol–water partition coefficient (Wildman–Crippen LogP) is 3.51. The molecule has 4 rings (SSSR count). The first-order chi connectivity index (χ1) is 14.2. The molecule has 0 spiro atoms. The van der Waals surface area contributed by atoms with Crippen molar-refractivity contribution in [2.24, 2.45) is 0 Å². The molecule has 2 N–H and O–H groups in total. The molecule has 0 radical (unpaired) electrons. The number of hydrogen-bond acceptors (Lipinski definition) is 6. The molecule has 0 aliphatic rings. The molecule has 7 nitrogen and oxygen atoms in total. The maximum atomic E-state index is 12.4. The number of H-pyrrole nitrogens is 1. The molecule has 4 aromatic rings. The van der Waals surface area contributed by atoms with E-state index in [1.54, 1.807) is 12.4 Å². The van der Waals surface area contributed by atoms with E-state index in [2.05, 4.69) is 25.5 Å². The standard InChI is InChI=1S/C22H22N6O/c1-3-15-17(22(29)28-27-18(15)4-2)13-24-21-16-9-5-6-10-19(16)25-20(26-21)14-8-7-11-23-12-14/h5-12H,3-4,13H2,1-2H3,(H,28,29)(H,24,25,26). The minimum atomic E-state index is -0.169. The molecule has 0 unspecified atom stereocenters. The van der Waals surface area contributed by atoms with Crippen LogP contribution in [0.1, 0.15) is 30.7 Å². The molecular formula is C22H22N6O. The van der Waals surface area contributed by atoms with Crippen molar-refractivity contribution in [3.63, 3.8) is 0 Å². The van der Waals surface area contributed by atoms with Gasteiger partial charge in [0.15, 0.2) is 5.82 Å². The van der Waals surface area contributed by atoms with E-state index < -0.39 is 0 Å². The van der Waals surface area contributed by atoms with Crippen molar-refractivity contribution in [3.05, 3.63) is 76.0 Å². The highest BCUT2D eigenvalue weighted by molar-refractivity contribution is 5.90. The van der Waals surface area contributed by atoms with E-state index in [9.17, 15) is 4.79 Å². The van der Waals surface area contributed by atoms with Gasteiger partial charge in [0, 0.05) is 35.5 Å². The lowest BCUT2D eigenvalue weighted by Crippen LogP contribution is -2.22. The lowest BCUT2D eigenvalue weighted by atomic mass is 10.0. The Morgan fingerprint density at radius 2 is 1.86 bits per heavy atom. The van der Waals surface area contributed by atoms with E-state index in [1.165, 1.54) is 0 Å². The first kappa shape index (κ1) is 18.7. The molecule has 7 heteroatoms. The van der Waals surface area contributed by atoms with Crippen LogP contribution in [0.4, 0.5) is 5.82 Å². The van der Waals surface area contributed by atoms with Crippen LogP contribution >= 0.6 is 0 Å². The van der Waals surface area contributed by atoms with E-state index in [-0.39, 0.29) is 5.56 Å². The van der Waals surface area contributed by atoms with Crippen LogP contribution in [0.5, 0.6) is 0 Å². The highest BCUT2D eigenvalue weighted by Crippen LogP contribution is 2.25. The zero-order chi connectivity index (χ0) is 20.2. The van der Waals surface area contributed by atoms with Crippen LogP contribution in [-0.2, 0) is 19.4 Å². The molecule has 146 valence electrons. The number of nitrogens with one attached hydrogen (secondary N) is 2. The second-order valence-corrected chi connectivity index (χ2v) is 6.67. The van der Waals surface area contributed by atoms with Crippen LogP contribution in [-0.4, -0.2) is 25.1 Å². The predicted molar refractivity (Wildman–Crippen MR) is 114 cm³/mol. The third kappa shape index (κ3) is 3.71. The van der Waals surface area contributed by atoms with Crippen molar-refractivity contribution in [2.75, 3.05) is 5.32 Å². The van der Waals surface area contributed by atoms with Crippen molar-refractivity contribution in [1.82, 2.24) is 25.1 Å². The summed E-state index contributed by atoms with van der Waals surface area (Å²) < 4.78 is 0. The van der Waals surface area contributed by atoms with E-state index in [0.717, 1.165) is 40.6 Å². The Hall–Kier alpha value is -3.61. The number of fused-ring (bicyclic) bond motifs is 1. The van der Waals surface area contributed by atoms with Crippen LogP contribution in [0.2, 0.25) is 0 Å². The lowest BCUT2D eigenvalue weighted by Gasteiger charge is -2.14. The summed E-state index contributed by atoms with van der Waals surface area (Å²) in [4.78, 5) is 26.0. The Labute approximate surface area is 168 Å². The van der Waals surface area contributed by atoms with Crippen LogP contribution in [0, 0.1) is 0 Å². The number of aryl methyl sites for hydroxylation is 1. The first-order valence-corrected chi connectivity index (χ1v) is 9.71. The highest BCUT2D eigenvalue weighted by atomic mass is 16.1. The molecule has 0 bridgehead atoms. The van der Waals surface area contributed by atoms with E-state index in [4.69, 9.17) is 4.98 Å². The summed E-state index contributed by atoms with van der Waals surface area (Å²) in [6.45, 7) is 4.44. The Morgan fingerprint density at radius 3 is 2.62 bits per heavy atom. The summed E-state index contributed by atoms with van der Waals surface area (Å²) in [7, 11) is 0. The Balaban J connectivity index is 1.76. The van der Waals surface area contributed by atoms with Gasteiger partial charge in [0.2, 0.25) is 0 Å². The second-order valence-electron chi connectivity index (χ2n) is 6.67. The third-order valence-corrected chi connectivity index (χ3v) is 4.92. The third-order valence-electron chi connectivity index (χ3n) is 4.92. The maximum Gasteiger partial charge on any atom is 0.269 e. The van der Waals surface area contributed by atoms with E-state index >= 15 is 0 Å². The summed E-state index contributed by atoms with van der Waals surface area (Å²) in [6.07, 6.45) is 4.98. The largest absolute Gasteiger partial charge is 0.365 e. The second kappa shape index (κ2) is 8.18. The number of hydrogen-bond donors (Lipinski definition) is 2. The first-order valence-electron chi connectivity index (χ1n) is 9.71. The molecule has 0 fully saturated rings. The van der Waals surface area contributed by atoms with Gasteiger partial charge in [0.1, 0.15) is 5.82 Å². The number of benzene rings is 1. The van der Waals surface area contributed by atoms with Crippen molar-refractivity contribution in [3.8, 4) is 11.4 Å². The fourth-order valence-corrected chi connectivity index (χ4v) is 3.47. The summed E-state index contributed by atoms with van der Waals surface area (Å²) in [5.41, 5.74) is 4.12. The van der Waals surface area contributed by atoms with E-state index in [1.807, 2.05) is 50.2 Å². The molecule has 0 aliphatic heterocycles. The molecule has 0 amide bonds. The van der Waals surface area contributed by atoms with Gasteiger partial charge in [-0.2, -0.15) is 5.10 Å². The van der Waals surface area contributed by atoms with E-state index in [0.29, 0.717) is 23.8 Å². The summed E-state index contributed by atoms with van der Waals surface area (Å²) >= 11 is 0. The molecule has 29 heavy (non-hydrogen) atoms. The molecule has 0 atom stereocenters. The summed E-state index contributed by atoms with van der Waals surface area (Å²) in [5, 5.41) is 11.1. The van der Waals surface area contributed by atoms with Gasteiger partial charge < -0.3 is 5.32 Å². The number of aromatic amines is 1. The van der Waals surface area contributed by atoms with Crippen LogP contribution in [0.25, 0.3) is 22.3 Å². The van der Waals surface area contributed by atoms with Crippen molar-refractivity contribution >= 4 is 16.7 Å². The van der Waals surface area contributed by atoms with Crippen molar-refractivity contribution in [1.29, 1.82) is 0 Å². The summed E-state index contributed by atoms with van der Waals surface area (Å²) in [5.74, 6) is 1.28. The molecule has 3 heterocycles. The Bertz CT molecular complexity index is 1200. The summed E-state index contributed by atoms with van der Waals surface area (Å²) in [6, 6.07) is 11.6. The minimum absolute atomic E-state index is 0.169. The van der Waals surface area contributed by atoms with Gasteiger partial charge in [-0.25, -0.2) is 15.1 Å². The van der Waals surface area contributed by atoms with Crippen LogP contribution in [0.15, 0.2) is 53.6 Å². The molecule has 0 aliphatic carbocycles. The minimum Gasteiger partial charge on any atom is -0.365 e. The highest BCUT2D eigenvalue weighted by Gasteiger charge is 2.14. The number of nitrogens with zero attached hydrogens (tertiary/aromatic N) is 4. The van der Waals surface area contributed by atoms with Crippen LogP contribution < -0.4 is 10.9 Å². The Morgan fingerprint density at radius 1 is 1.00 bits per heavy atom. The van der Waals surface area contributed by atoms with Crippen LogP contribution in [0.3, 0.4) is 0 Å². The lowest BCUT2D eigenvalue weighted by molar-refractivity contribution is 0.826. The zero-order valence-electron chi connectivity index (χ0n) is 16.4. The van der Waals surface area contributed by atoms with Crippen molar-refractivity contribution in [2.45, 2.75) is 33.2 Å². The number of aromatic nitrogens is 5. The van der Waals surface area contributed by atoms with Gasteiger partial charge in [0.05, 0.1) is 11.2 Å². The monoisotopic (exact) mass is 386 g/mol. The molecule has 3 aromatic heterocycles. The number of pyridine rings is 1. The SMILES string of the molecule is CCc1n[nH]c(=O)c(CNc2nc(-c3cccnc3)nc3ccccc23)c1CC.